The number of benzene rings is 2. The molecule has 30 heavy (non-hydrogen) atoms. The molecule has 0 saturated heterocycles. The van der Waals surface area contributed by atoms with Crippen molar-refractivity contribution in [2.45, 2.75) is 26.7 Å². The highest BCUT2D eigenvalue weighted by molar-refractivity contribution is 6.05. The van der Waals surface area contributed by atoms with Gasteiger partial charge in [-0.2, -0.15) is 0 Å². The summed E-state index contributed by atoms with van der Waals surface area (Å²) in [6.07, 6.45) is 3.99. The highest BCUT2D eigenvalue weighted by atomic mass is 16.5. The van der Waals surface area contributed by atoms with Crippen LogP contribution in [0.3, 0.4) is 0 Å². The van der Waals surface area contributed by atoms with Crippen LogP contribution in [0.5, 0.6) is 23.0 Å². The van der Waals surface area contributed by atoms with Crippen molar-refractivity contribution in [3.05, 3.63) is 64.7 Å². The summed E-state index contributed by atoms with van der Waals surface area (Å²) in [4.78, 5) is 0. The standard InChI is InChI=1S/C26H30O4/c1-8-16(2)11-21-17(3)22(20-10-9-19(27-4)15-23(20)21)12-18-13-24(28-5)26(30-7)25(14-18)29-6/h9-10,12-15H,2,8,11H2,1,3-7H3/b22-12-. The summed E-state index contributed by atoms with van der Waals surface area (Å²) in [5, 5.41) is 0. The highest BCUT2D eigenvalue weighted by Gasteiger charge is 2.25. The fraction of sp³-hybridized carbons (Fsp3) is 0.308. The van der Waals surface area contributed by atoms with Crippen LogP contribution in [0.25, 0.3) is 17.2 Å². The fourth-order valence-corrected chi connectivity index (χ4v) is 3.84. The Morgan fingerprint density at radius 2 is 1.57 bits per heavy atom. The molecule has 0 atom stereocenters. The molecule has 0 fully saturated rings. The zero-order valence-electron chi connectivity index (χ0n) is 18.7. The van der Waals surface area contributed by atoms with E-state index in [2.05, 4.69) is 38.6 Å². The van der Waals surface area contributed by atoms with Gasteiger partial charge in [0, 0.05) is 0 Å². The van der Waals surface area contributed by atoms with Gasteiger partial charge in [-0.25, -0.2) is 0 Å². The normalized spacial score (nSPS) is 14.0. The Balaban J connectivity index is 2.18. The van der Waals surface area contributed by atoms with E-state index in [1.807, 2.05) is 18.2 Å². The van der Waals surface area contributed by atoms with Crippen molar-refractivity contribution in [3.63, 3.8) is 0 Å². The van der Waals surface area contributed by atoms with E-state index in [9.17, 15) is 0 Å². The van der Waals surface area contributed by atoms with Crippen LogP contribution in [0.4, 0.5) is 0 Å². The summed E-state index contributed by atoms with van der Waals surface area (Å²) in [5.41, 5.74) is 8.33. The van der Waals surface area contributed by atoms with Gasteiger partial charge in [0.1, 0.15) is 5.75 Å². The first-order valence-electron chi connectivity index (χ1n) is 10.0. The molecule has 0 N–H and O–H groups in total. The van der Waals surface area contributed by atoms with E-state index in [4.69, 9.17) is 18.9 Å². The molecule has 4 nitrogen and oxygen atoms in total. The Hall–Kier alpha value is -3.14. The second kappa shape index (κ2) is 9.12. The lowest BCUT2D eigenvalue weighted by Crippen LogP contribution is -1.95. The first-order valence-corrected chi connectivity index (χ1v) is 10.0. The topological polar surface area (TPSA) is 36.9 Å². The zero-order valence-corrected chi connectivity index (χ0v) is 18.7. The number of hydrogen-bond donors (Lipinski definition) is 0. The predicted octanol–water partition coefficient (Wildman–Crippen LogP) is 6.41. The van der Waals surface area contributed by atoms with Crippen molar-refractivity contribution >= 4 is 17.2 Å². The largest absolute Gasteiger partial charge is 0.497 e. The summed E-state index contributed by atoms with van der Waals surface area (Å²) < 4.78 is 22.0. The fourth-order valence-electron chi connectivity index (χ4n) is 3.84. The second-order valence-corrected chi connectivity index (χ2v) is 7.31. The Bertz CT molecular complexity index is 1000. The monoisotopic (exact) mass is 406 g/mol. The predicted molar refractivity (Wildman–Crippen MR) is 124 cm³/mol. The van der Waals surface area contributed by atoms with Gasteiger partial charge in [-0.3, -0.25) is 0 Å². The molecule has 0 unspecified atom stereocenters. The number of hydrogen-bond acceptors (Lipinski definition) is 4. The first kappa shape index (κ1) is 21.6. The zero-order chi connectivity index (χ0) is 21.8. The van der Waals surface area contributed by atoms with E-state index in [0.29, 0.717) is 17.2 Å². The molecule has 3 rings (SSSR count). The van der Waals surface area contributed by atoms with Crippen molar-refractivity contribution in [1.82, 2.24) is 0 Å². The van der Waals surface area contributed by atoms with Gasteiger partial charge in [-0.15, -0.1) is 0 Å². The van der Waals surface area contributed by atoms with E-state index in [-0.39, 0.29) is 0 Å². The minimum atomic E-state index is 0.589. The molecule has 158 valence electrons. The molecule has 1 aliphatic carbocycles. The van der Waals surface area contributed by atoms with Gasteiger partial charge in [0.25, 0.3) is 0 Å². The maximum absolute atomic E-state index is 5.52. The van der Waals surface area contributed by atoms with E-state index in [1.54, 1.807) is 28.4 Å². The van der Waals surface area contributed by atoms with Crippen LogP contribution >= 0.6 is 0 Å². The van der Waals surface area contributed by atoms with Crippen LogP contribution < -0.4 is 18.9 Å². The van der Waals surface area contributed by atoms with Gasteiger partial charge in [0.2, 0.25) is 5.75 Å². The number of fused-ring (bicyclic) bond motifs is 1. The molecular weight excluding hydrogens is 376 g/mol. The van der Waals surface area contributed by atoms with Crippen LogP contribution in [0, 0.1) is 0 Å². The van der Waals surface area contributed by atoms with Crippen LogP contribution in [-0.2, 0) is 0 Å². The van der Waals surface area contributed by atoms with Crippen LogP contribution in [0.2, 0.25) is 0 Å². The minimum Gasteiger partial charge on any atom is -0.497 e. The third-order valence-corrected chi connectivity index (χ3v) is 5.62. The first-order chi connectivity index (χ1) is 14.5. The van der Waals surface area contributed by atoms with Gasteiger partial charge in [-0.05, 0) is 83.5 Å². The Kier molecular flexibility index (Phi) is 6.56. The summed E-state index contributed by atoms with van der Waals surface area (Å²) in [7, 11) is 6.57. The van der Waals surface area contributed by atoms with Crippen LogP contribution in [0.1, 0.15) is 43.4 Å². The summed E-state index contributed by atoms with van der Waals surface area (Å²) >= 11 is 0. The highest BCUT2D eigenvalue weighted by Crippen LogP contribution is 2.47. The van der Waals surface area contributed by atoms with E-state index < -0.39 is 0 Å². The van der Waals surface area contributed by atoms with Crippen molar-refractivity contribution in [3.8, 4) is 23.0 Å². The number of rotatable bonds is 8. The van der Waals surface area contributed by atoms with Gasteiger partial charge in [0.15, 0.2) is 11.5 Å². The molecule has 0 saturated carbocycles. The average molecular weight is 407 g/mol. The molecule has 0 radical (unpaired) electrons. The molecule has 2 aromatic carbocycles. The van der Waals surface area contributed by atoms with Crippen molar-refractivity contribution < 1.29 is 18.9 Å². The average Bonchev–Trinajstić information content (AvgIpc) is 3.03. The third-order valence-electron chi connectivity index (χ3n) is 5.62. The molecule has 1 aliphatic rings. The minimum absolute atomic E-state index is 0.589. The Morgan fingerprint density at radius 1 is 0.900 bits per heavy atom. The molecule has 0 heterocycles. The molecule has 0 aromatic heterocycles. The molecule has 0 spiro atoms. The van der Waals surface area contributed by atoms with Gasteiger partial charge in [0.05, 0.1) is 28.4 Å². The summed E-state index contributed by atoms with van der Waals surface area (Å²) in [5.74, 6) is 2.72. The lowest BCUT2D eigenvalue weighted by Gasteiger charge is -2.13. The molecule has 0 bridgehead atoms. The van der Waals surface area contributed by atoms with Crippen molar-refractivity contribution in [1.29, 1.82) is 0 Å². The molecule has 4 heteroatoms. The van der Waals surface area contributed by atoms with Gasteiger partial charge < -0.3 is 18.9 Å². The Morgan fingerprint density at radius 3 is 2.10 bits per heavy atom. The van der Waals surface area contributed by atoms with E-state index in [0.717, 1.165) is 24.2 Å². The summed E-state index contributed by atoms with van der Waals surface area (Å²) in [6, 6.07) is 10.2. The van der Waals surface area contributed by atoms with Crippen LogP contribution in [0.15, 0.2) is 48.1 Å². The quantitative estimate of drug-likeness (QED) is 0.475. The SMILES string of the molecule is C=C(CC)CC1=C(C)/C(=C/c2cc(OC)c(OC)c(OC)c2)c2ccc(OC)cc21. The van der Waals surface area contributed by atoms with Gasteiger partial charge >= 0.3 is 0 Å². The van der Waals surface area contributed by atoms with E-state index in [1.165, 1.54) is 33.4 Å². The third kappa shape index (κ3) is 3.95. The van der Waals surface area contributed by atoms with Gasteiger partial charge in [-0.1, -0.05) is 25.1 Å². The van der Waals surface area contributed by atoms with Crippen LogP contribution in [-0.4, -0.2) is 28.4 Å². The number of ether oxygens (including phenoxy) is 4. The van der Waals surface area contributed by atoms with E-state index >= 15 is 0 Å². The number of methoxy groups -OCH3 is 4. The lowest BCUT2D eigenvalue weighted by atomic mass is 9.97. The molecule has 0 amide bonds. The smallest absolute Gasteiger partial charge is 0.203 e. The maximum Gasteiger partial charge on any atom is 0.203 e. The van der Waals surface area contributed by atoms with Crippen molar-refractivity contribution in [2.24, 2.45) is 0 Å². The summed E-state index contributed by atoms with van der Waals surface area (Å²) in [6.45, 7) is 8.55. The van der Waals surface area contributed by atoms with Crippen molar-refractivity contribution in [2.75, 3.05) is 28.4 Å². The molecular formula is C26H30O4. The number of allylic oxidation sites excluding steroid dienone is 4. The lowest BCUT2D eigenvalue weighted by molar-refractivity contribution is 0.324. The Labute approximate surface area is 179 Å². The molecule has 0 aliphatic heterocycles. The molecule has 2 aromatic rings. The maximum atomic E-state index is 5.52. The second-order valence-electron chi connectivity index (χ2n) is 7.31.